The van der Waals surface area contributed by atoms with Gasteiger partial charge in [0.25, 0.3) is 0 Å². The SMILES string of the molecule is C/C(=C\NC(=O)NCCCN(C)C)C(C)C. The number of rotatable bonds is 6. The topological polar surface area (TPSA) is 44.4 Å². The van der Waals surface area contributed by atoms with E-state index in [1.807, 2.05) is 21.0 Å². The molecule has 4 heteroatoms. The molecule has 0 aromatic heterocycles. The molecular formula is C12H25N3O. The van der Waals surface area contributed by atoms with Gasteiger partial charge in [-0.3, -0.25) is 0 Å². The van der Waals surface area contributed by atoms with Crippen molar-refractivity contribution in [2.24, 2.45) is 5.92 Å². The average Bonchev–Trinajstić information content (AvgIpc) is 2.20. The summed E-state index contributed by atoms with van der Waals surface area (Å²) in [5.74, 6) is 0.467. The zero-order valence-electron chi connectivity index (χ0n) is 11.1. The van der Waals surface area contributed by atoms with E-state index in [9.17, 15) is 4.79 Å². The first kappa shape index (κ1) is 15.0. The molecular weight excluding hydrogens is 202 g/mol. The van der Waals surface area contributed by atoms with Crippen LogP contribution in [0.1, 0.15) is 27.2 Å². The smallest absolute Gasteiger partial charge is 0.318 e. The van der Waals surface area contributed by atoms with Gasteiger partial charge in [-0.15, -0.1) is 0 Å². The maximum Gasteiger partial charge on any atom is 0.318 e. The van der Waals surface area contributed by atoms with E-state index in [2.05, 4.69) is 29.4 Å². The third-order valence-corrected chi connectivity index (χ3v) is 2.41. The molecule has 0 aliphatic carbocycles. The van der Waals surface area contributed by atoms with Gasteiger partial charge in [0.1, 0.15) is 0 Å². The van der Waals surface area contributed by atoms with Crippen LogP contribution in [0.4, 0.5) is 4.79 Å². The van der Waals surface area contributed by atoms with Gasteiger partial charge in [-0.2, -0.15) is 0 Å². The number of amides is 2. The molecule has 0 atom stereocenters. The van der Waals surface area contributed by atoms with Gasteiger partial charge in [0.05, 0.1) is 0 Å². The Morgan fingerprint density at radius 3 is 2.50 bits per heavy atom. The van der Waals surface area contributed by atoms with Gasteiger partial charge in [-0.1, -0.05) is 19.4 Å². The molecule has 0 aromatic carbocycles. The lowest BCUT2D eigenvalue weighted by Crippen LogP contribution is -2.34. The highest BCUT2D eigenvalue weighted by atomic mass is 16.2. The third-order valence-electron chi connectivity index (χ3n) is 2.41. The molecule has 2 amide bonds. The van der Waals surface area contributed by atoms with Crippen LogP contribution in [0.2, 0.25) is 0 Å². The first-order valence-electron chi connectivity index (χ1n) is 5.79. The molecule has 0 saturated heterocycles. The monoisotopic (exact) mass is 227 g/mol. The lowest BCUT2D eigenvalue weighted by atomic mass is 10.1. The summed E-state index contributed by atoms with van der Waals surface area (Å²) in [6.45, 7) is 7.90. The van der Waals surface area contributed by atoms with Gasteiger partial charge < -0.3 is 15.5 Å². The molecule has 2 N–H and O–H groups in total. The lowest BCUT2D eigenvalue weighted by Gasteiger charge is -2.10. The Hall–Kier alpha value is -1.03. The fourth-order valence-corrected chi connectivity index (χ4v) is 0.994. The van der Waals surface area contributed by atoms with Gasteiger partial charge in [0.2, 0.25) is 0 Å². The van der Waals surface area contributed by atoms with E-state index in [0.717, 1.165) is 13.0 Å². The number of nitrogens with zero attached hydrogens (tertiary/aromatic N) is 1. The van der Waals surface area contributed by atoms with E-state index in [0.29, 0.717) is 12.5 Å². The molecule has 0 rings (SSSR count). The van der Waals surface area contributed by atoms with Crippen LogP contribution in [0.15, 0.2) is 11.8 Å². The Morgan fingerprint density at radius 1 is 1.38 bits per heavy atom. The molecule has 94 valence electrons. The van der Waals surface area contributed by atoms with E-state index in [1.54, 1.807) is 6.20 Å². The van der Waals surface area contributed by atoms with Gasteiger partial charge in [0.15, 0.2) is 0 Å². The first-order valence-corrected chi connectivity index (χ1v) is 5.79. The summed E-state index contributed by atoms with van der Waals surface area (Å²) in [6.07, 6.45) is 2.74. The van der Waals surface area contributed by atoms with Crippen molar-refractivity contribution in [3.8, 4) is 0 Å². The average molecular weight is 227 g/mol. The van der Waals surface area contributed by atoms with E-state index in [-0.39, 0.29) is 6.03 Å². The van der Waals surface area contributed by atoms with Gasteiger partial charge in [-0.05, 0) is 39.9 Å². The predicted octanol–water partition coefficient (Wildman–Crippen LogP) is 1.80. The second kappa shape index (κ2) is 8.16. The number of carbonyl (C=O) groups is 1. The molecule has 0 saturated carbocycles. The Kier molecular flexibility index (Phi) is 7.64. The second-order valence-electron chi connectivity index (χ2n) is 4.60. The summed E-state index contributed by atoms with van der Waals surface area (Å²) < 4.78 is 0. The van der Waals surface area contributed by atoms with Crippen molar-refractivity contribution in [1.29, 1.82) is 0 Å². The number of allylic oxidation sites excluding steroid dienone is 1. The number of carbonyl (C=O) groups excluding carboxylic acids is 1. The molecule has 0 fully saturated rings. The van der Waals surface area contributed by atoms with Gasteiger partial charge in [-0.25, -0.2) is 4.79 Å². The number of hydrogen-bond acceptors (Lipinski definition) is 2. The quantitative estimate of drug-likeness (QED) is 0.680. The van der Waals surface area contributed by atoms with Gasteiger partial charge >= 0.3 is 6.03 Å². The molecule has 0 bridgehead atoms. The number of urea groups is 1. The van der Waals surface area contributed by atoms with Crippen LogP contribution < -0.4 is 10.6 Å². The van der Waals surface area contributed by atoms with Crippen molar-refractivity contribution in [2.45, 2.75) is 27.2 Å². The Bertz CT molecular complexity index is 234. The van der Waals surface area contributed by atoms with Crippen LogP contribution >= 0.6 is 0 Å². The lowest BCUT2D eigenvalue weighted by molar-refractivity contribution is 0.243. The van der Waals surface area contributed by atoms with Crippen molar-refractivity contribution in [1.82, 2.24) is 15.5 Å². The maximum atomic E-state index is 11.3. The van der Waals surface area contributed by atoms with E-state index >= 15 is 0 Å². The molecule has 0 heterocycles. The second-order valence-corrected chi connectivity index (χ2v) is 4.60. The van der Waals surface area contributed by atoms with Crippen LogP contribution in [0.5, 0.6) is 0 Å². The Balaban J connectivity index is 3.63. The van der Waals surface area contributed by atoms with Gasteiger partial charge in [0, 0.05) is 12.7 Å². The normalized spacial score (nSPS) is 12.1. The van der Waals surface area contributed by atoms with E-state index < -0.39 is 0 Å². The largest absolute Gasteiger partial charge is 0.338 e. The van der Waals surface area contributed by atoms with E-state index in [1.165, 1.54) is 5.57 Å². The van der Waals surface area contributed by atoms with Crippen LogP contribution in [0.25, 0.3) is 0 Å². The summed E-state index contributed by atoms with van der Waals surface area (Å²) in [5, 5.41) is 5.54. The minimum atomic E-state index is -0.126. The van der Waals surface area contributed by atoms with Crippen molar-refractivity contribution < 1.29 is 4.79 Å². The summed E-state index contributed by atoms with van der Waals surface area (Å²) in [6, 6.07) is -0.126. The van der Waals surface area contributed by atoms with Crippen LogP contribution in [-0.2, 0) is 0 Å². The molecule has 4 nitrogen and oxygen atoms in total. The van der Waals surface area contributed by atoms with Crippen molar-refractivity contribution in [2.75, 3.05) is 27.2 Å². The molecule has 0 unspecified atom stereocenters. The van der Waals surface area contributed by atoms with Crippen molar-refractivity contribution in [3.05, 3.63) is 11.8 Å². The minimum absolute atomic E-state index is 0.126. The fraction of sp³-hybridized carbons (Fsp3) is 0.750. The first-order chi connectivity index (χ1) is 7.43. The Labute approximate surface area is 99.1 Å². The predicted molar refractivity (Wildman–Crippen MR) is 68.3 cm³/mol. The zero-order chi connectivity index (χ0) is 12.6. The fourth-order valence-electron chi connectivity index (χ4n) is 0.994. The summed E-state index contributed by atoms with van der Waals surface area (Å²) in [5.41, 5.74) is 1.17. The highest BCUT2D eigenvalue weighted by Gasteiger charge is 1.99. The van der Waals surface area contributed by atoms with Crippen LogP contribution in [-0.4, -0.2) is 38.1 Å². The van der Waals surface area contributed by atoms with E-state index in [4.69, 9.17) is 0 Å². The zero-order valence-corrected chi connectivity index (χ0v) is 11.1. The van der Waals surface area contributed by atoms with Crippen LogP contribution in [0, 0.1) is 5.92 Å². The highest BCUT2D eigenvalue weighted by Crippen LogP contribution is 2.05. The standard InChI is InChI=1S/C12H25N3O/c1-10(2)11(3)9-14-12(16)13-7-6-8-15(4)5/h9-10H,6-8H2,1-5H3,(H2,13,14,16)/b11-9+. The number of hydrogen-bond donors (Lipinski definition) is 2. The molecule has 0 radical (unpaired) electrons. The summed E-state index contributed by atoms with van der Waals surface area (Å²) in [4.78, 5) is 13.4. The van der Waals surface area contributed by atoms with Crippen LogP contribution in [0.3, 0.4) is 0 Å². The highest BCUT2D eigenvalue weighted by molar-refractivity contribution is 5.74. The third kappa shape index (κ3) is 8.29. The number of nitrogens with one attached hydrogen (secondary N) is 2. The molecule has 0 aliphatic heterocycles. The molecule has 16 heavy (non-hydrogen) atoms. The Morgan fingerprint density at radius 2 is 2.00 bits per heavy atom. The molecule has 0 spiro atoms. The minimum Gasteiger partial charge on any atom is -0.338 e. The summed E-state index contributed by atoms with van der Waals surface area (Å²) >= 11 is 0. The van der Waals surface area contributed by atoms with Crippen molar-refractivity contribution in [3.63, 3.8) is 0 Å². The summed E-state index contributed by atoms with van der Waals surface area (Å²) in [7, 11) is 4.05. The van der Waals surface area contributed by atoms with Crippen molar-refractivity contribution >= 4 is 6.03 Å². The molecule has 0 aromatic rings. The maximum absolute atomic E-state index is 11.3. The molecule has 0 aliphatic rings.